The van der Waals surface area contributed by atoms with Crippen molar-refractivity contribution >= 4 is 34.5 Å². The summed E-state index contributed by atoms with van der Waals surface area (Å²) in [5.41, 5.74) is 1.77. The van der Waals surface area contributed by atoms with Crippen LogP contribution in [0.2, 0.25) is 0 Å². The average Bonchev–Trinajstić information content (AvgIpc) is 3.17. The number of hydrogen-bond donors (Lipinski definition) is 2. The van der Waals surface area contributed by atoms with Crippen molar-refractivity contribution in [2.45, 2.75) is 13.0 Å². The van der Waals surface area contributed by atoms with Gasteiger partial charge in [0.25, 0.3) is 5.91 Å². The standard InChI is InChI=1S/C18H21N3O3S/c1-13(19-18(23)16-6-3-11-25-16)17(22)20-14-4-2-5-15(12-14)21-7-9-24-10-8-21/h2-6,11-13H,7-10H2,1H3,(H,19,23)(H,20,22). The van der Waals surface area contributed by atoms with Crippen LogP contribution in [0, 0.1) is 0 Å². The van der Waals surface area contributed by atoms with E-state index in [9.17, 15) is 9.59 Å². The van der Waals surface area contributed by atoms with E-state index >= 15 is 0 Å². The maximum atomic E-state index is 12.3. The molecule has 3 rings (SSSR count). The van der Waals surface area contributed by atoms with Gasteiger partial charge in [0.05, 0.1) is 18.1 Å². The molecule has 1 unspecified atom stereocenters. The smallest absolute Gasteiger partial charge is 0.261 e. The van der Waals surface area contributed by atoms with Gasteiger partial charge in [-0.05, 0) is 36.6 Å². The normalized spacial score (nSPS) is 15.5. The molecule has 2 aromatic rings. The molecule has 0 radical (unpaired) electrons. The number of anilines is 2. The van der Waals surface area contributed by atoms with E-state index in [2.05, 4.69) is 15.5 Å². The third-order valence-electron chi connectivity index (χ3n) is 3.98. The van der Waals surface area contributed by atoms with Gasteiger partial charge in [-0.1, -0.05) is 12.1 Å². The fraction of sp³-hybridized carbons (Fsp3) is 0.333. The van der Waals surface area contributed by atoms with Crippen molar-refractivity contribution < 1.29 is 14.3 Å². The lowest BCUT2D eigenvalue weighted by Crippen LogP contribution is -2.41. The summed E-state index contributed by atoms with van der Waals surface area (Å²) < 4.78 is 5.36. The molecule has 0 saturated carbocycles. The number of nitrogens with one attached hydrogen (secondary N) is 2. The number of ether oxygens (including phenoxy) is 1. The Hall–Kier alpha value is -2.38. The van der Waals surface area contributed by atoms with Crippen molar-refractivity contribution in [2.75, 3.05) is 36.5 Å². The zero-order chi connectivity index (χ0) is 17.6. The summed E-state index contributed by atoms with van der Waals surface area (Å²) in [6.45, 7) is 4.77. The van der Waals surface area contributed by atoms with Crippen LogP contribution in [0.5, 0.6) is 0 Å². The maximum Gasteiger partial charge on any atom is 0.261 e. The number of rotatable bonds is 5. The zero-order valence-electron chi connectivity index (χ0n) is 14.0. The Labute approximate surface area is 150 Å². The van der Waals surface area contributed by atoms with Gasteiger partial charge in [0.1, 0.15) is 6.04 Å². The molecule has 6 nitrogen and oxygen atoms in total. The zero-order valence-corrected chi connectivity index (χ0v) is 14.8. The highest BCUT2D eigenvalue weighted by Crippen LogP contribution is 2.20. The molecule has 2 amide bonds. The van der Waals surface area contributed by atoms with Crippen LogP contribution in [-0.4, -0.2) is 44.2 Å². The molecule has 2 N–H and O–H groups in total. The van der Waals surface area contributed by atoms with Gasteiger partial charge < -0.3 is 20.3 Å². The monoisotopic (exact) mass is 359 g/mol. The summed E-state index contributed by atoms with van der Waals surface area (Å²) in [7, 11) is 0. The Morgan fingerprint density at radius 1 is 1.20 bits per heavy atom. The first-order chi connectivity index (χ1) is 12.1. The number of carbonyl (C=O) groups is 2. The Morgan fingerprint density at radius 2 is 2.00 bits per heavy atom. The predicted octanol–water partition coefficient (Wildman–Crippen LogP) is 2.34. The van der Waals surface area contributed by atoms with Crippen molar-refractivity contribution in [1.29, 1.82) is 0 Å². The minimum atomic E-state index is -0.623. The molecular weight excluding hydrogens is 338 g/mol. The van der Waals surface area contributed by atoms with Gasteiger partial charge in [-0.2, -0.15) is 0 Å². The van der Waals surface area contributed by atoms with E-state index in [1.54, 1.807) is 19.1 Å². The van der Waals surface area contributed by atoms with Gasteiger partial charge in [-0.15, -0.1) is 11.3 Å². The van der Waals surface area contributed by atoms with Crippen LogP contribution in [-0.2, 0) is 9.53 Å². The molecule has 1 saturated heterocycles. The van der Waals surface area contributed by atoms with Crippen LogP contribution in [0.3, 0.4) is 0 Å². The van der Waals surface area contributed by atoms with E-state index in [0.29, 0.717) is 23.8 Å². The Bertz CT molecular complexity index is 727. The van der Waals surface area contributed by atoms with Gasteiger partial charge >= 0.3 is 0 Å². The number of benzene rings is 1. The van der Waals surface area contributed by atoms with Crippen molar-refractivity contribution in [2.24, 2.45) is 0 Å². The first-order valence-corrected chi connectivity index (χ1v) is 9.09. The molecule has 0 bridgehead atoms. The molecule has 0 spiro atoms. The fourth-order valence-electron chi connectivity index (χ4n) is 2.59. The number of hydrogen-bond acceptors (Lipinski definition) is 5. The SMILES string of the molecule is CC(NC(=O)c1cccs1)C(=O)Nc1cccc(N2CCOCC2)c1. The highest BCUT2D eigenvalue weighted by atomic mass is 32.1. The van der Waals surface area contributed by atoms with Crippen LogP contribution in [0.15, 0.2) is 41.8 Å². The van der Waals surface area contributed by atoms with Gasteiger partial charge in [0.15, 0.2) is 0 Å². The Balaban J connectivity index is 1.59. The van der Waals surface area contributed by atoms with Gasteiger partial charge in [0.2, 0.25) is 5.91 Å². The van der Waals surface area contributed by atoms with Gasteiger partial charge in [-0.3, -0.25) is 9.59 Å². The molecule has 25 heavy (non-hydrogen) atoms. The molecule has 1 aliphatic rings. The first-order valence-electron chi connectivity index (χ1n) is 8.21. The summed E-state index contributed by atoms with van der Waals surface area (Å²) in [5.74, 6) is -0.483. The molecule has 132 valence electrons. The molecule has 1 aliphatic heterocycles. The fourth-order valence-corrected chi connectivity index (χ4v) is 3.22. The second-order valence-electron chi connectivity index (χ2n) is 5.81. The van der Waals surface area contributed by atoms with Gasteiger partial charge in [-0.25, -0.2) is 0 Å². The van der Waals surface area contributed by atoms with E-state index < -0.39 is 6.04 Å². The van der Waals surface area contributed by atoms with Gasteiger partial charge in [0, 0.05) is 24.5 Å². The van der Waals surface area contributed by atoms with E-state index in [4.69, 9.17) is 4.74 Å². The third kappa shape index (κ3) is 4.58. The molecule has 0 aliphatic carbocycles. The number of amides is 2. The Kier molecular flexibility index (Phi) is 5.67. The minimum Gasteiger partial charge on any atom is -0.378 e. The average molecular weight is 359 g/mol. The molecule has 1 fully saturated rings. The number of morpholine rings is 1. The van der Waals surface area contributed by atoms with Crippen LogP contribution in [0.1, 0.15) is 16.6 Å². The maximum absolute atomic E-state index is 12.3. The van der Waals surface area contributed by atoms with Crippen molar-refractivity contribution in [3.8, 4) is 0 Å². The highest BCUT2D eigenvalue weighted by molar-refractivity contribution is 7.12. The minimum absolute atomic E-state index is 0.236. The molecular formula is C18H21N3O3S. The number of carbonyl (C=O) groups excluding carboxylic acids is 2. The van der Waals surface area contributed by atoms with E-state index in [1.165, 1.54) is 11.3 Å². The van der Waals surface area contributed by atoms with E-state index in [0.717, 1.165) is 18.8 Å². The Morgan fingerprint density at radius 3 is 2.72 bits per heavy atom. The topological polar surface area (TPSA) is 70.7 Å². The number of thiophene rings is 1. The molecule has 2 heterocycles. The van der Waals surface area contributed by atoms with Crippen LogP contribution in [0.25, 0.3) is 0 Å². The largest absolute Gasteiger partial charge is 0.378 e. The quantitative estimate of drug-likeness (QED) is 0.860. The molecule has 1 atom stereocenters. The summed E-state index contributed by atoms with van der Waals surface area (Å²) in [6.07, 6.45) is 0. The predicted molar refractivity (Wildman–Crippen MR) is 99.4 cm³/mol. The first kappa shape index (κ1) is 17.4. The highest BCUT2D eigenvalue weighted by Gasteiger charge is 2.18. The summed E-state index contributed by atoms with van der Waals surface area (Å²) >= 11 is 1.35. The van der Waals surface area contributed by atoms with Crippen molar-refractivity contribution in [1.82, 2.24) is 5.32 Å². The van der Waals surface area contributed by atoms with Crippen LogP contribution >= 0.6 is 11.3 Å². The lowest BCUT2D eigenvalue weighted by molar-refractivity contribution is -0.117. The lowest BCUT2D eigenvalue weighted by atomic mass is 10.2. The van der Waals surface area contributed by atoms with Crippen LogP contribution in [0.4, 0.5) is 11.4 Å². The lowest BCUT2D eigenvalue weighted by Gasteiger charge is -2.29. The van der Waals surface area contributed by atoms with Crippen molar-refractivity contribution in [3.05, 3.63) is 46.7 Å². The van der Waals surface area contributed by atoms with E-state index in [-0.39, 0.29) is 11.8 Å². The molecule has 1 aromatic heterocycles. The number of nitrogens with zero attached hydrogens (tertiary/aromatic N) is 1. The summed E-state index contributed by atoms with van der Waals surface area (Å²) in [4.78, 5) is 27.2. The second kappa shape index (κ2) is 8.13. The summed E-state index contributed by atoms with van der Waals surface area (Å²) in [6, 6.07) is 10.6. The molecule has 7 heteroatoms. The molecule has 1 aromatic carbocycles. The second-order valence-corrected chi connectivity index (χ2v) is 6.76. The summed E-state index contributed by atoms with van der Waals surface area (Å²) in [5, 5.41) is 7.41. The van der Waals surface area contributed by atoms with Crippen molar-refractivity contribution in [3.63, 3.8) is 0 Å². The van der Waals surface area contributed by atoms with Crippen LogP contribution < -0.4 is 15.5 Å². The third-order valence-corrected chi connectivity index (χ3v) is 4.84. The van der Waals surface area contributed by atoms with E-state index in [1.807, 2.05) is 29.6 Å².